The monoisotopic (exact) mass is 263 g/mol. The third kappa shape index (κ3) is 1.95. The quantitative estimate of drug-likeness (QED) is 0.797. The minimum Gasteiger partial charge on any atom is -0.464 e. The summed E-state index contributed by atoms with van der Waals surface area (Å²) >= 11 is 1.39. The summed E-state index contributed by atoms with van der Waals surface area (Å²) in [6.07, 6.45) is 1.19. The van der Waals surface area contributed by atoms with E-state index in [0.717, 1.165) is 16.5 Å². The van der Waals surface area contributed by atoms with Gasteiger partial charge in [-0.3, -0.25) is 0 Å². The maximum Gasteiger partial charge on any atom is 0.357 e. The molecule has 4 nitrogen and oxygen atoms in total. The molecule has 2 aromatic rings. The molecular weight excluding hydrogens is 250 g/mol. The van der Waals surface area contributed by atoms with Gasteiger partial charge in [0, 0.05) is 11.3 Å². The van der Waals surface area contributed by atoms with Crippen LogP contribution in [0.5, 0.6) is 0 Å². The summed E-state index contributed by atoms with van der Waals surface area (Å²) in [7, 11) is 1.35. The van der Waals surface area contributed by atoms with E-state index in [9.17, 15) is 4.79 Å². The summed E-state index contributed by atoms with van der Waals surface area (Å²) < 4.78 is 10.4. The maximum absolute atomic E-state index is 11.3. The maximum atomic E-state index is 11.3. The first kappa shape index (κ1) is 11.5. The highest BCUT2D eigenvalue weighted by Gasteiger charge is 2.36. The Morgan fingerprint density at radius 3 is 3.00 bits per heavy atom. The third-order valence-electron chi connectivity index (χ3n) is 3.21. The first-order chi connectivity index (χ1) is 8.69. The number of esters is 1. The van der Waals surface area contributed by atoms with Gasteiger partial charge in [0.05, 0.1) is 7.11 Å². The van der Waals surface area contributed by atoms with E-state index in [1.54, 1.807) is 5.38 Å². The highest BCUT2D eigenvalue weighted by atomic mass is 32.1. The van der Waals surface area contributed by atoms with E-state index in [-0.39, 0.29) is 0 Å². The van der Waals surface area contributed by atoms with E-state index >= 15 is 0 Å². The summed E-state index contributed by atoms with van der Waals surface area (Å²) in [5.41, 5.74) is 0.329. The Morgan fingerprint density at radius 2 is 2.33 bits per heavy atom. The van der Waals surface area contributed by atoms with Crippen molar-refractivity contribution in [2.24, 2.45) is 5.92 Å². The Bertz CT molecular complexity index is 587. The van der Waals surface area contributed by atoms with Crippen molar-refractivity contribution in [1.29, 1.82) is 0 Å². The van der Waals surface area contributed by atoms with Crippen LogP contribution in [0.2, 0.25) is 0 Å². The summed E-state index contributed by atoms with van der Waals surface area (Å²) in [6, 6.07) is 3.92. The molecule has 0 spiro atoms. The molecule has 0 saturated heterocycles. The highest BCUT2D eigenvalue weighted by Crippen LogP contribution is 2.48. The average molecular weight is 263 g/mol. The number of carbonyl (C=O) groups is 1. The van der Waals surface area contributed by atoms with Gasteiger partial charge in [0.15, 0.2) is 16.5 Å². The zero-order valence-electron chi connectivity index (χ0n) is 10.2. The number of hydrogen-bond acceptors (Lipinski definition) is 5. The van der Waals surface area contributed by atoms with Crippen LogP contribution in [0.4, 0.5) is 0 Å². The number of methoxy groups -OCH3 is 1. The second kappa shape index (κ2) is 4.24. The Labute approximate surface area is 109 Å². The van der Waals surface area contributed by atoms with Gasteiger partial charge < -0.3 is 9.15 Å². The lowest BCUT2D eigenvalue weighted by atomic mass is 10.3. The van der Waals surface area contributed by atoms with Crippen LogP contribution >= 0.6 is 11.3 Å². The van der Waals surface area contributed by atoms with Crippen LogP contribution < -0.4 is 0 Å². The van der Waals surface area contributed by atoms with Crippen LogP contribution in [0.1, 0.15) is 35.5 Å². The second-order valence-electron chi connectivity index (χ2n) is 4.55. The van der Waals surface area contributed by atoms with Crippen LogP contribution in [0.15, 0.2) is 21.9 Å². The van der Waals surface area contributed by atoms with E-state index in [4.69, 9.17) is 4.42 Å². The molecule has 2 aromatic heterocycles. The van der Waals surface area contributed by atoms with Crippen molar-refractivity contribution in [3.05, 3.63) is 29.0 Å². The number of hydrogen-bond donors (Lipinski definition) is 0. The van der Waals surface area contributed by atoms with Crippen LogP contribution in [0.25, 0.3) is 10.8 Å². The van der Waals surface area contributed by atoms with Crippen molar-refractivity contribution in [3.8, 4) is 10.8 Å². The molecule has 0 aliphatic heterocycles. The minimum absolute atomic E-state index is 0.329. The SMILES string of the molecule is COC(=O)c1csc(-c2ccc(C3CC3C)o2)n1. The highest BCUT2D eigenvalue weighted by molar-refractivity contribution is 7.13. The van der Waals surface area contributed by atoms with Gasteiger partial charge in [-0.15, -0.1) is 11.3 Å². The molecule has 0 radical (unpaired) electrons. The average Bonchev–Trinajstić information content (AvgIpc) is 2.87. The molecule has 1 aliphatic carbocycles. The van der Waals surface area contributed by atoms with Crippen molar-refractivity contribution in [3.63, 3.8) is 0 Å². The van der Waals surface area contributed by atoms with Gasteiger partial charge in [0.1, 0.15) is 5.76 Å². The molecule has 5 heteroatoms. The molecule has 0 N–H and O–H groups in total. The standard InChI is InChI=1S/C13H13NO3S/c1-7-5-8(7)10-3-4-11(17-10)12-14-9(6-18-12)13(15)16-2/h3-4,6-8H,5H2,1-2H3. The number of nitrogens with zero attached hydrogens (tertiary/aromatic N) is 1. The van der Waals surface area contributed by atoms with E-state index in [1.165, 1.54) is 24.9 Å². The van der Waals surface area contributed by atoms with Crippen molar-refractivity contribution < 1.29 is 13.9 Å². The lowest BCUT2D eigenvalue weighted by molar-refractivity contribution is 0.0595. The number of furan rings is 1. The summed E-state index contributed by atoms with van der Waals surface area (Å²) in [4.78, 5) is 15.5. The van der Waals surface area contributed by atoms with Crippen LogP contribution in [-0.2, 0) is 4.74 Å². The lowest BCUT2D eigenvalue weighted by Gasteiger charge is -1.93. The molecule has 0 bridgehead atoms. The molecule has 3 rings (SSSR count). The fourth-order valence-electron chi connectivity index (χ4n) is 1.97. The topological polar surface area (TPSA) is 52.3 Å². The van der Waals surface area contributed by atoms with Gasteiger partial charge in [0.25, 0.3) is 0 Å². The van der Waals surface area contributed by atoms with E-state index in [0.29, 0.717) is 17.5 Å². The fraction of sp³-hybridized carbons (Fsp3) is 0.385. The number of thiazole rings is 1. The predicted octanol–water partition coefficient (Wildman–Crippen LogP) is 3.31. The largest absolute Gasteiger partial charge is 0.464 e. The lowest BCUT2D eigenvalue weighted by Crippen LogP contribution is -2.00. The summed E-state index contributed by atoms with van der Waals surface area (Å²) in [5.74, 6) is 2.60. The number of rotatable bonds is 3. The zero-order valence-corrected chi connectivity index (χ0v) is 11.0. The Kier molecular flexibility index (Phi) is 2.70. The first-order valence-electron chi connectivity index (χ1n) is 5.83. The van der Waals surface area contributed by atoms with Crippen LogP contribution in [0, 0.1) is 5.92 Å². The van der Waals surface area contributed by atoms with Gasteiger partial charge >= 0.3 is 5.97 Å². The van der Waals surface area contributed by atoms with E-state index in [1.807, 2.05) is 12.1 Å². The fourth-order valence-corrected chi connectivity index (χ4v) is 2.72. The molecule has 94 valence electrons. The second-order valence-corrected chi connectivity index (χ2v) is 5.41. The molecule has 2 atom stereocenters. The van der Waals surface area contributed by atoms with Crippen LogP contribution in [0.3, 0.4) is 0 Å². The number of carbonyl (C=O) groups excluding carboxylic acids is 1. The number of ether oxygens (including phenoxy) is 1. The van der Waals surface area contributed by atoms with Crippen molar-refractivity contribution in [1.82, 2.24) is 4.98 Å². The smallest absolute Gasteiger partial charge is 0.357 e. The Morgan fingerprint density at radius 1 is 1.56 bits per heavy atom. The molecule has 1 aliphatic rings. The van der Waals surface area contributed by atoms with E-state index in [2.05, 4.69) is 16.6 Å². The molecule has 2 heterocycles. The summed E-state index contributed by atoms with van der Waals surface area (Å²) in [5, 5.41) is 2.40. The molecule has 1 saturated carbocycles. The van der Waals surface area contributed by atoms with Crippen LogP contribution in [-0.4, -0.2) is 18.1 Å². The molecule has 0 amide bonds. The molecule has 18 heavy (non-hydrogen) atoms. The van der Waals surface area contributed by atoms with Gasteiger partial charge in [-0.2, -0.15) is 0 Å². The van der Waals surface area contributed by atoms with Gasteiger partial charge in [0.2, 0.25) is 0 Å². The number of aromatic nitrogens is 1. The Balaban J connectivity index is 1.84. The molecular formula is C13H13NO3S. The van der Waals surface area contributed by atoms with Gasteiger partial charge in [-0.1, -0.05) is 6.92 Å². The minimum atomic E-state index is -0.417. The van der Waals surface area contributed by atoms with Crippen molar-refractivity contribution in [2.75, 3.05) is 7.11 Å². The van der Waals surface area contributed by atoms with Crippen molar-refractivity contribution in [2.45, 2.75) is 19.3 Å². The van der Waals surface area contributed by atoms with Gasteiger partial charge in [-0.25, -0.2) is 9.78 Å². The van der Waals surface area contributed by atoms with Gasteiger partial charge in [-0.05, 0) is 24.5 Å². The predicted molar refractivity (Wildman–Crippen MR) is 67.7 cm³/mol. The molecule has 1 fully saturated rings. The molecule has 0 aromatic carbocycles. The van der Waals surface area contributed by atoms with Crippen molar-refractivity contribution >= 4 is 17.3 Å². The third-order valence-corrected chi connectivity index (χ3v) is 4.07. The summed E-state index contributed by atoms with van der Waals surface area (Å²) in [6.45, 7) is 2.21. The zero-order chi connectivity index (χ0) is 12.7. The Hall–Kier alpha value is -1.62. The first-order valence-corrected chi connectivity index (χ1v) is 6.71. The van der Waals surface area contributed by atoms with E-state index < -0.39 is 5.97 Å². The molecule has 2 unspecified atom stereocenters. The normalized spacial score (nSPS) is 21.9.